The number of anilines is 1. The summed E-state index contributed by atoms with van der Waals surface area (Å²) in [6.45, 7) is 6.43. The van der Waals surface area contributed by atoms with Gasteiger partial charge in [0.1, 0.15) is 16.9 Å². The Labute approximate surface area is 142 Å². The minimum absolute atomic E-state index is 0.202. The topological polar surface area (TPSA) is 73.9 Å². The molecular formula is C18H25NO5. The highest BCUT2D eigenvalue weighted by atomic mass is 16.5. The lowest BCUT2D eigenvalue weighted by Gasteiger charge is -2.28. The normalized spacial score (nSPS) is 16.2. The van der Waals surface area contributed by atoms with E-state index < -0.39 is 11.6 Å². The maximum absolute atomic E-state index is 12.7. The Hall–Kier alpha value is -2.08. The van der Waals surface area contributed by atoms with Gasteiger partial charge in [-0.15, -0.1) is 0 Å². The summed E-state index contributed by atoms with van der Waals surface area (Å²) in [6, 6.07) is 4.92. The average Bonchev–Trinajstić information content (AvgIpc) is 3.41. The number of nitrogens with one attached hydrogen (secondary N) is 1. The quantitative estimate of drug-likeness (QED) is 0.739. The molecule has 0 aromatic heterocycles. The van der Waals surface area contributed by atoms with Crippen molar-refractivity contribution in [2.24, 2.45) is 5.92 Å². The van der Waals surface area contributed by atoms with Gasteiger partial charge in [0.2, 0.25) is 0 Å². The molecule has 6 heteroatoms. The summed E-state index contributed by atoms with van der Waals surface area (Å²) in [5, 5.41) is 2.85. The van der Waals surface area contributed by atoms with Crippen LogP contribution in [0.2, 0.25) is 0 Å². The summed E-state index contributed by atoms with van der Waals surface area (Å²) in [7, 11) is 1.31. The molecule has 0 saturated heterocycles. The zero-order valence-electron chi connectivity index (χ0n) is 14.7. The van der Waals surface area contributed by atoms with Crippen LogP contribution in [0, 0.1) is 5.92 Å². The summed E-state index contributed by atoms with van der Waals surface area (Å²) in [5.74, 6) is -0.0477. The van der Waals surface area contributed by atoms with Gasteiger partial charge in [-0.2, -0.15) is 0 Å². The number of rotatable bonds is 8. The van der Waals surface area contributed by atoms with E-state index in [1.54, 1.807) is 18.2 Å². The first-order valence-electron chi connectivity index (χ1n) is 8.26. The second kappa shape index (κ2) is 7.66. The standard InChI is InChI=1S/C18H25NO5/c1-5-23-15-10-9-13(11-14(15)16(20)22-4)19-17(21)18(3,24-6-2)12-7-8-12/h9-12H,5-8H2,1-4H3,(H,19,21)/t18-/m0/s1. The van der Waals surface area contributed by atoms with Gasteiger partial charge in [-0.1, -0.05) is 0 Å². The molecule has 2 rings (SSSR count). The lowest BCUT2D eigenvalue weighted by atomic mass is 9.98. The highest BCUT2D eigenvalue weighted by Crippen LogP contribution is 2.42. The van der Waals surface area contributed by atoms with Crippen molar-refractivity contribution in [3.63, 3.8) is 0 Å². The first-order chi connectivity index (χ1) is 11.5. The van der Waals surface area contributed by atoms with Crippen molar-refractivity contribution in [3.05, 3.63) is 23.8 Å². The van der Waals surface area contributed by atoms with Crippen LogP contribution < -0.4 is 10.1 Å². The summed E-state index contributed by atoms with van der Waals surface area (Å²) in [6.07, 6.45) is 1.97. The summed E-state index contributed by atoms with van der Waals surface area (Å²) < 4.78 is 15.9. The van der Waals surface area contributed by atoms with Crippen LogP contribution in [0.3, 0.4) is 0 Å². The van der Waals surface area contributed by atoms with E-state index in [-0.39, 0.29) is 17.4 Å². The molecule has 0 heterocycles. The third-order valence-corrected chi connectivity index (χ3v) is 4.19. The molecule has 1 amide bonds. The van der Waals surface area contributed by atoms with Gasteiger partial charge in [0.25, 0.3) is 5.91 Å². The molecule has 0 radical (unpaired) electrons. The fourth-order valence-corrected chi connectivity index (χ4v) is 2.72. The molecule has 1 fully saturated rings. The zero-order valence-corrected chi connectivity index (χ0v) is 14.7. The number of amides is 1. The van der Waals surface area contributed by atoms with Gasteiger partial charge in [-0.25, -0.2) is 4.79 Å². The third kappa shape index (κ3) is 3.87. The Morgan fingerprint density at radius 3 is 2.50 bits per heavy atom. The molecule has 0 aliphatic heterocycles. The van der Waals surface area contributed by atoms with Crippen LogP contribution in [0.15, 0.2) is 18.2 Å². The molecule has 6 nitrogen and oxygen atoms in total. The maximum Gasteiger partial charge on any atom is 0.341 e. The van der Waals surface area contributed by atoms with Crippen molar-refractivity contribution < 1.29 is 23.8 Å². The predicted octanol–water partition coefficient (Wildman–Crippen LogP) is 3.02. The molecule has 0 spiro atoms. The van der Waals surface area contributed by atoms with Crippen LogP contribution in [-0.2, 0) is 14.3 Å². The number of hydrogen-bond donors (Lipinski definition) is 1. The second-order valence-corrected chi connectivity index (χ2v) is 5.90. The molecule has 1 aliphatic carbocycles. The first-order valence-corrected chi connectivity index (χ1v) is 8.26. The lowest BCUT2D eigenvalue weighted by molar-refractivity contribution is -0.141. The average molecular weight is 335 g/mol. The van der Waals surface area contributed by atoms with Gasteiger partial charge in [0, 0.05) is 12.3 Å². The van der Waals surface area contributed by atoms with Gasteiger partial charge in [-0.3, -0.25) is 4.79 Å². The smallest absolute Gasteiger partial charge is 0.341 e. The summed E-state index contributed by atoms with van der Waals surface area (Å²) in [5.41, 5.74) is -0.0594. The molecule has 1 aromatic carbocycles. The number of hydrogen-bond acceptors (Lipinski definition) is 5. The highest BCUT2D eigenvalue weighted by Gasteiger charge is 2.48. The Morgan fingerprint density at radius 2 is 1.96 bits per heavy atom. The van der Waals surface area contributed by atoms with Crippen molar-refractivity contribution in [1.82, 2.24) is 0 Å². The molecule has 0 unspecified atom stereocenters. The van der Waals surface area contributed by atoms with E-state index in [2.05, 4.69) is 5.32 Å². The number of esters is 1. The summed E-state index contributed by atoms with van der Waals surface area (Å²) in [4.78, 5) is 24.6. The van der Waals surface area contributed by atoms with Gasteiger partial charge in [0.05, 0.1) is 13.7 Å². The number of carbonyl (C=O) groups excluding carboxylic acids is 2. The first kappa shape index (κ1) is 18.3. The molecule has 1 atom stereocenters. The van der Waals surface area contributed by atoms with E-state index in [0.29, 0.717) is 24.7 Å². The van der Waals surface area contributed by atoms with E-state index in [0.717, 1.165) is 12.8 Å². The summed E-state index contributed by atoms with van der Waals surface area (Å²) >= 11 is 0. The fourth-order valence-electron chi connectivity index (χ4n) is 2.72. The Balaban J connectivity index is 2.22. The van der Waals surface area contributed by atoms with Crippen molar-refractivity contribution >= 4 is 17.6 Å². The molecule has 1 aliphatic rings. The number of ether oxygens (including phenoxy) is 3. The Morgan fingerprint density at radius 1 is 1.25 bits per heavy atom. The van der Waals surface area contributed by atoms with Crippen molar-refractivity contribution in [2.75, 3.05) is 25.6 Å². The molecule has 132 valence electrons. The maximum atomic E-state index is 12.7. The third-order valence-electron chi connectivity index (χ3n) is 4.19. The molecule has 24 heavy (non-hydrogen) atoms. The number of carbonyl (C=O) groups is 2. The van der Waals surface area contributed by atoms with Crippen LogP contribution in [0.4, 0.5) is 5.69 Å². The van der Waals surface area contributed by atoms with Crippen LogP contribution in [0.5, 0.6) is 5.75 Å². The minimum Gasteiger partial charge on any atom is -0.493 e. The fraction of sp³-hybridized carbons (Fsp3) is 0.556. The lowest BCUT2D eigenvalue weighted by Crippen LogP contribution is -2.44. The van der Waals surface area contributed by atoms with E-state index in [4.69, 9.17) is 14.2 Å². The monoisotopic (exact) mass is 335 g/mol. The van der Waals surface area contributed by atoms with Crippen molar-refractivity contribution in [2.45, 2.75) is 39.2 Å². The van der Waals surface area contributed by atoms with Gasteiger partial charge in [0.15, 0.2) is 0 Å². The molecule has 1 saturated carbocycles. The van der Waals surface area contributed by atoms with E-state index >= 15 is 0 Å². The van der Waals surface area contributed by atoms with Gasteiger partial charge < -0.3 is 19.5 Å². The Kier molecular flexibility index (Phi) is 5.83. The van der Waals surface area contributed by atoms with Gasteiger partial charge >= 0.3 is 5.97 Å². The van der Waals surface area contributed by atoms with Crippen LogP contribution in [0.25, 0.3) is 0 Å². The second-order valence-electron chi connectivity index (χ2n) is 5.90. The highest BCUT2D eigenvalue weighted by molar-refractivity contribution is 5.99. The largest absolute Gasteiger partial charge is 0.493 e. The van der Waals surface area contributed by atoms with Crippen molar-refractivity contribution in [3.8, 4) is 5.75 Å². The number of methoxy groups -OCH3 is 1. The van der Waals surface area contributed by atoms with Crippen LogP contribution in [-0.4, -0.2) is 37.8 Å². The molecule has 1 aromatic rings. The molecule has 0 bridgehead atoms. The number of benzene rings is 1. The van der Waals surface area contributed by atoms with E-state index in [9.17, 15) is 9.59 Å². The van der Waals surface area contributed by atoms with E-state index in [1.807, 2.05) is 20.8 Å². The zero-order chi connectivity index (χ0) is 17.7. The molecule has 1 N–H and O–H groups in total. The van der Waals surface area contributed by atoms with Gasteiger partial charge in [-0.05, 0) is 57.7 Å². The van der Waals surface area contributed by atoms with Crippen molar-refractivity contribution in [1.29, 1.82) is 0 Å². The Bertz CT molecular complexity index is 611. The predicted molar refractivity (Wildman–Crippen MR) is 90.3 cm³/mol. The van der Waals surface area contributed by atoms with E-state index in [1.165, 1.54) is 7.11 Å². The van der Waals surface area contributed by atoms with Crippen LogP contribution in [0.1, 0.15) is 44.0 Å². The minimum atomic E-state index is -0.848. The van der Waals surface area contributed by atoms with Crippen LogP contribution >= 0.6 is 0 Å². The molecular weight excluding hydrogens is 310 g/mol. The SMILES string of the molecule is CCOc1ccc(NC(=O)[C@@](C)(OCC)C2CC2)cc1C(=O)OC.